The SMILES string of the molecule is COc1cccc(N2C[C@@H](CNC(=O)c3ccnc(OCC4CCOCC4)c3)OC2=O)c1. The molecule has 2 aliphatic rings. The number of nitrogens with zero attached hydrogens (tertiary/aromatic N) is 2. The first kappa shape index (κ1) is 21.9. The fourth-order valence-electron chi connectivity index (χ4n) is 3.67. The van der Waals surface area contributed by atoms with E-state index in [9.17, 15) is 9.59 Å². The number of anilines is 1. The van der Waals surface area contributed by atoms with Crippen molar-refractivity contribution in [1.82, 2.24) is 10.3 Å². The highest BCUT2D eigenvalue weighted by Crippen LogP contribution is 2.25. The van der Waals surface area contributed by atoms with E-state index in [0.717, 1.165) is 26.1 Å². The number of ether oxygens (including phenoxy) is 4. The first-order valence-corrected chi connectivity index (χ1v) is 10.7. The summed E-state index contributed by atoms with van der Waals surface area (Å²) in [7, 11) is 1.57. The summed E-state index contributed by atoms with van der Waals surface area (Å²) in [6, 6.07) is 10.4. The quantitative estimate of drug-likeness (QED) is 0.672. The minimum absolute atomic E-state index is 0.200. The molecule has 1 atom stereocenters. The smallest absolute Gasteiger partial charge is 0.414 e. The molecule has 2 fully saturated rings. The van der Waals surface area contributed by atoms with Crippen LogP contribution in [0.3, 0.4) is 0 Å². The summed E-state index contributed by atoms with van der Waals surface area (Å²) in [5.41, 5.74) is 1.12. The number of pyridine rings is 1. The predicted octanol–water partition coefficient (Wildman–Crippen LogP) is 2.65. The lowest BCUT2D eigenvalue weighted by Crippen LogP contribution is -2.34. The molecular weight excluding hydrogens is 414 g/mol. The van der Waals surface area contributed by atoms with Crippen molar-refractivity contribution in [3.63, 3.8) is 0 Å². The van der Waals surface area contributed by atoms with Crippen molar-refractivity contribution in [2.24, 2.45) is 5.92 Å². The van der Waals surface area contributed by atoms with Crippen LogP contribution in [0.5, 0.6) is 11.6 Å². The second-order valence-electron chi connectivity index (χ2n) is 7.78. The van der Waals surface area contributed by atoms with Crippen molar-refractivity contribution in [2.45, 2.75) is 18.9 Å². The fourth-order valence-corrected chi connectivity index (χ4v) is 3.67. The molecule has 9 nitrogen and oxygen atoms in total. The number of hydrogen-bond donors (Lipinski definition) is 1. The van der Waals surface area contributed by atoms with Gasteiger partial charge in [-0.3, -0.25) is 9.69 Å². The molecule has 1 N–H and O–H groups in total. The average Bonchev–Trinajstić information content (AvgIpc) is 3.22. The molecule has 2 aromatic rings. The van der Waals surface area contributed by atoms with Gasteiger partial charge in [-0.1, -0.05) is 6.07 Å². The Morgan fingerprint density at radius 1 is 1.25 bits per heavy atom. The van der Waals surface area contributed by atoms with Crippen LogP contribution in [0.25, 0.3) is 0 Å². The Kier molecular flexibility index (Phi) is 7.06. The number of methoxy groups -OCH3 is 1. The molecule has 0 aliphatic carbocycles. The van der Waals surface area contributed by atoms with Gasteiger partial charge in [-0.05, 0) is 37.0 Å². The zero-order valence-corrected chi connectivity index (χ0v) is 18.0. The van der Waals surface area contributed by atoms with Crippen LogP contribution >= 0.6 is 0 Å². The molecule has 1 aromatic heterocycles. The van der Waals surface area contributed by atoms with Gasteiger partial charge in [0.05, 0.1) is 32.5 Å². The molecule has 2 amide bonds. The largest absolute Gasteiger partial charge is 0.497 e. The molecule has 32 heavy (non-hydrogen) atoms. The van der Waals surface area contributed by atoms with Crippen molar-refractivity contribution < 1.29 is 28.5 Å². The molecular formula is C23H27N3O6. The van der Waals surface area contributed by atoms with Crippen molar-refractivity contribution in [1.29, 1.82) is 0 Å². The van der Waals surface area contributed by atoms with Crippen molar-refractivity contribution in [3.8, 4) is 11.6 Å². The first-order chi connectivity index (χ1) is 15.6. The van der Waals surface area contributed by atoms with Crippen molar-refractivity contribution >= 4 is 17.7 Å². The van der Waals surface area contributed by atoms with Crippen molar-refractivity contribution in [3.05, 3.63) is 48.2 Å². The lowest BCUT2D eigenvalue weighted by molar-refractivity contribution is 0.0490. The molecule has 2 saturated heterocycles. The van der Waals surface area contributed by atoms with Gasteiger partial charge in [-0.15, -0.1) is 0 Å². The number of carbonyl (C=O) groups is 2. The maximum atomic E-state index is 12.6. The van der Waals surface area contributed by atoms with E-state index in [0.29, 0.717) is 41.9 Å². The summed E-state index contributed by atoms with van der Waals surface area (Å²) in [6.07, 6.45) is 2.57. The molecule has 4 rings (SSSR count). The molecule has 0 saturated carbocycles. The summed E-state index contributed by atoms with van der Waals surface area (Å²) in [5, 5.41) is 2.82. The molecule has 170 valence electrons. The first-order valence-electron chi connectivity index (χ1n) is 10.7. The average molecular weight is 441 g/mol. The van der Waals surface area contributed by atoms with E-state index in [1.165, 1.54) is 4.90 Å². The summed E-state index contributed by atoms with van der Waals surface area (Å²) in [4.78, 5) is 30.6. The Hall–Kier alpha value is -3.33. The minimum Gasteiger partial charge on any atom is -0.497 e. The van der Waals surface area contributed by atoms with Crippen LogP contribution in [0.1, 0.15) is 23.2 Å². The van der Waals surface area contributed by atoms with Crippen LogP contribution in [-0.2, 0) is 9.47 Å². The third-order valence-corrected chi connectivity index (χ3v) is 5.53. The molecule has 1 aromatic carbocycles. The van der Waals surface area contributed by atoms with Crippen LogP contribution in [0, 0.1) is 5.92 Å². The van der Waals surface area contributed by atoms with E-state index in [-0.39, 0.29) is 12.5 Å². The third-order valence-electron chi connectivity index (χ3n) is 5.53. The Labute approximate surface area is 186 Å². The highest BCUT2D eigenvalue weighted by Gasteiger charge is 2.32. The van der Waals surface area contributed by atoms with Gasteiger partial charge in [0.25, 0.3) is 5.91 Å². The number of aromatic nitrogens is 1. The number of amides is 2. The summed E-state index contributed by atoms with van der Waals surface area (Å²) >= 11 is 0. The molecule has 0 bridgehead atoms. The lowest BCUT2D eigenvalue weighted by Gasteiger charge is -2.21. The zero-order valence-electron chi connectivity index (χ0n) is 18.0. The Morgan fingerprint density at radius 2 is 2.09 bits per heavy atom. The fraction of sp³-hybridized carbons (Fsp3) is 0.435. The number of cyclic esters (lactones) is 1. The molecule has 0 unspecified atom stereocenters. The van der Waals surface area contributed by atoms with Gasteiger partial charge in [0.1, 0.15) is 11.9 Å². The van der Waals surface area contributed by atoms with E-state index >= 15 is 0 Å². The second kappa shape index (κ2) is 10.3. The maximum absolute atomic E-state index is 12.6. The Balaban J connectivity index is 1.28. The maximum Gasteiger partial charge on any atom is 0.414 e. The Bertz CT molecular complexity index is 947. The molecule has 9 heteroatoms. The molecule has 3 heterocycles. The molecule has 2 aliphatic heterocycles. The highest BCUT2D eigenvalue weighted by molar-refractivity contribution is 5.94. The van der Waals surface area contributed by atoms with Crippen LogP contribution in [0.15, 0.2) is 42.6 Å². The van der Waals surface area contributed by atoms with Gasteiger partial charge in [0.15, 0.2) is 0 Å². The van der Waals surface area contributed by atoms with E-state index in [1.807, 2.05) is 12.1 Å². The number of benzene rings is 1. The number of rotatable bonds is 8. The number of carbonyl (C=O) groups excluding carboxylic acids is 2. The van der Waals surface area contributed by atoms with Gasteiger partial charge in [0.2, 0.25) is 5.88 Å². The summed E-state index contributed by atoms with van der Waals surface area (Å²) in [6.45, 7) is 2.60. The predicted molar refractivity (Wildman–Crippen MR) is 116 cm³/mol. The molecule has 0 radical (unpaired) electrons. The number of nitrogens with one attached hydrogen (secondary N) is 1. The highest BCUT2D eigenvalue weighted by atomic mass is 16.6. The van der Waals surface area contributed by atoms with E-state index in [4.69, 9.17) is 18.9 Å². The second-order valence-corrected chi connectivity index (χ2v) is 7.78. The summed E-state index contributed by atoms with van der Waals surface area (Å²) in [5.74, 6) is 1.23. The normalized spacial score (nSPS) is 18.8. The van der Waals surface area contributed by atoms with E-state index in [2.05, 4.69) is 10.3 Å². The Morgan fingerprint density at radius 3 is 2.91 bits per heavy atom. The van der Waals surface area contributed by atoms with Crippen LogP contribution in [0.4, 0.5) is 10.5 Å². The monoisotopic (exact) mass is 441 g/mol. The van der Waals surface area contributed by atoms with E-state index in [1.54, 1.807) is 37.6 Å². The van der Waals surface area contributed by atoms with Crippen LogP contribution < -0.4 is 19.7 Å². The third kappa shape index (κ3) is 5.47. The topological polar surface area (TPSA) is 99.2 Å². The zero-order chi connectivity index (χ0) is 22.3. The standard InChI is InChI=1S/C23H27N3O6/c1-29-19-4-2-3-18(12-19)26-14-20(32-23(26)28)13-25-22(27)17-5-8-24-21(11-17)31-15-16-6-9-30-10-7-16/h2-5,8,11-12,16,20H,6-7,9-10,13-15H2,1H3,(H,25,27)/t20-/m1/s1. The number of hydrogen-bond acceptors (Lipinski definition) is 7. The van der Waals surface area contributed by atoms with Gasteiger partial charge >= 0.3 is 6.09 Å². The van der Waals surface area contributed by atoms with Gasteiger partial charge in [-0.2, -0.15) is 0 Å². The van der Waals surface area contributed by atoms with Crippen LogP contribution in [-0.4, -0.2) is 63.1 Å². The van der Waals surface area contributed by atoms with Gasteiger partial charge < -0.3 is 24.3 Å². The van der Waals surface area contributed by atoms with Gasteiger partial charge in [-0.25, -0.2) is 9.78 Å². The van der Waals surface area contributed by atoms with Crippen LogP contribution in [0.2, 0.25) is 0 Å². The molecule has 0 spiro atoms. The minimum atomic E-state index is -0.455. The van der Waals surface area contributed by atoms with Crippen molar-refractivity contribution in [2.75, 3.05) is 44.9 Å². The van der Waals surface area contributed by atoms with Gasteiger partial charge in [0, 0.05) is 37.1 Å². The van der Waals surface area contributed by atoms with E-state index < -0.39 is 12.2 Å². The summed E-state index contributed by atoms with van der Waals surface area (Å²) < 4.78 is 21.7. The lowest BCUT2D eigenvalue weighted by atomic mass is 10.0.